The number of hydrogen-bond donors (Lipinski definition) is 0. The molecule has 0 aromatic heterocycles. The summed E-state index contributed by atoms with van der Waals surface area (Å²) in [4.78, 5) is 12.2. The normalized spacial score (nSPS) is 15.2. The molecule has 0 amide bonds. The summed E-state index contributed by atoms with van der Waals surface area (Å²) < 4.78 is 42.7. The zero-order valence-corrected chi connectivity index (χ0v) is 16.6. The fourth-order valence-electron chi connectivity index (χ4n) is 2.65. The number of carbonyl (C=O) groups excluding carboxylic acids is 1. The van der Waals surface area contributed by atoms with Gasteiger partial charge >= 0.3 is 5.97 Å². The van der Waals surface area contributed by atoms with Crippen molar-refractivity contribution < 1.29 is 27.4 Å². The summed E-state index contributed by atoms with van der Waals surface area (Å²) in [6.45, 7) is 1.33. The highest BCUT2D eigenvalue weighted by molar-refractivity contribution is 7.89. The minimum absolute atomic E-state index is 0.0297. The molecule has 28 heavy (non-hydrogen) atoms. The maximum absolute atomic E-state index is 12.8. The lowest BCUT2D eigenvalue weighted by Gasteiger charge is -2.26. The summed E-state index contributed by atoms with van der Waals surface area (Å²) in [5.74, 6) is 0.0238. The van der Waals surface area contributed by atoms with E-state index in [2.05, 4.69) is 0 Å². The molecular weight excluding hydrogens is 406 g/mol. The molecule has 1 fully saturated rings. The molecule has 1 saturated heterocycles. The zero-order valence-electron chi connectivity index (χ0n) is 15.0. The van der Waals surface area contributed by atoms with Crippen LogP contribution in [-0.2, 0) is 19.5 Å². The molecule has 0 N–H and O–H groups in total. The predicted octanol–water partition coefficient (Wildman–Crippen LogP) is 2.60. The van der Waals surface area contributed by atoms with E-state index in [0.717, 1.165) is 0 Å². The van der Waals surface area contributed by atoms with Crippen molar-refractivity contribution in [2.45, 2.75) is 4.90 Å². The van der Waals surface area contributed by atoms with Gasteiger partial charge in [0.25, 0.3) is 0 Å². The van der Waals surface area contributed by atoms with E-state index in [4.69, 9.17) is 25.8 Å². The Hall–Kier alpha value is -2.13. The number of carbonyl (C=O) groups is 1. The van der Waals surface area contributed by atoms with E-state index in [9.17, 15) is 13.2 Å². The topological polar surface area (TPSA) is 82.1 Å². The molecule has 0 aliphatic carbocycles. The average molecular weight is 426 g/mol. The number of para-hydroxylation sites is 1. The summed E-state index contributed by atoms with van der Waals surface area (Å²) in [7, 11) is -3.82. The molecule has 0 spiro atoms. The van der Waals surface area contributed by atoms with Crippen molar-refractivity contribution >= 4 is 27.6 Å². The highest BCUT2D eigenvalue weighted by Gasteiger charge is 2.29. The average Bonchev–Trinajstić information content (AvgIpc) is 2.72. The first kappa shape index (κ1) is 20.6. The second kappa shape index (κ2) is 9.38. The number of hydrogen-bond acceptors (Lipinski definition) is 6. The first-order valence-electron chi connectivity index (χ1n) is 8.71. The van der Waals surface area contributed by atoms with E-state index in [1.165, 1.54) is 22.5 Å². The van der Waals surface area contributed by atoms with Gasteiger partial charge in [-0.25, -0.2) is 13.2 Å². The Bertz CT molecular complexity index is 913. The van der Waals surface area contributed by atoms with E-state index in [1.54, 1.807) is 12.1 Å². The first-order valence-corrected chi connectivity index (χ1v) is 10.5. The third-order valence-electron chi connectivity index (χ3n) is 4.08. The van der Waals surface area contributed by atoms with E-state index in [1.807, 2.05) is 18.2 Å². The molecule has 3 rings (SSSR count). The van der Waals surface area contributed by atoms with Crippen LogP contribution in [0.4, 0.5) is 0 Å². The Morgan fingerprint density at radius 2 is 1.79 bits per heavy atom. The van der Waals surface area contributed by atoms with Crippen molar-refractivity contribution in [2.75, 3.05) is 39.5 Å². The molecule has 0 saturated carbocycles. The van der Waals surface area contributed by atoms with Gasteiger partial charge in [0.15, 0.2) is 0 Å². The van der Waals surface area contributed by atoms with Gasteiger partial charge in [-0.3, -0.25) is 0 Å². The molecule has 9 heteroatoms. The van der Waals surface area contributed by atoms with Crippen molar-refractivity contribution in [3.63, 3.8) is 0 Å². The van der Waals surface area contributed by atoms with Crippen LogP contribution in [0.3, 0.4) is 0 Å². The lowest BCUT2D eigenvalue weighted by Crippen LogP contribution is -2.40. The maximum Gasteiger partial charge on any atom is 0.338 e. The van der Waals surface area contributed by atoms with Crippen LogP contribution < -0.4 is 4.74 Å². The fourth-order valence-corrected chi connectivity index (χ4v) is 4.56. The number of rotatable bonds is 7. The Kier molecular flexibility index (Phi) is 6.90. The summed E-state index contributed by atoms with van der Waals surface area (Å²) in [6, 6.07) is 13.2. The number of nitrogens with zero attached hydrogens (tertiary/aromatic N) is 1. The number of esters is 1. The molecule has 1 aliphatic rings. The van der Waals surface area contributed by atoms with Crippen LogP contribution in [0.25, 0.3) is 0 Å². The van der Waals surface area contributed by atoms with E-state index < -0.39 is 16.0 Å². The summed E-state index contributed by atoms with van der Waals surface area (Å²) in [5.41, 5.74) is 0.107. The third kappa shape index (κ3) is 5.02. The molecule has 7 nitrogen and oxygen atoms in total. The summed E-state index contributed by atoms with van der Waals surface area (Å²) in [6.07, 6.45) is 0. The van der Waals surface area contributed by atoms with Crippen molar-refractivity contribution in [1.82, 2.24) is 4.31 Å². The molecule has 2 aromatic carbocycles. The van der Waals surface area contributed by atoms with Crippen LogP contribution in [0, 0.1) is 0 Å². The molecule has 1 aliphatic heterocycles. The molecule has 2 aromatic rings. The molecule has 0 radical (unpaired) electrons. The standard InChI is InChI=1S/C19H20ClNO6S/c20-17-7-6-15(14-18(17)28(23,24)21-8-10-25-11-9-21)19(22)27-13-12-26-16-4-2-1-3-5-16/h1-7,14H,8-13H2. The number of benzene rings is 2. The quantitative estimate of drug-likeness (QED) is 0.501. The van der Waals surface area contributed by atoms with Gasteiger partial charge in [0, 0.05) is 13.1 Å². The van der Waals surface area contributed by atoms with Crippen molar-refractivity contribution in [2.24, 2.45) is 0 Å². The second-order valence-electron chi connectivity index (χ2n) is 5.96. The van der Waals surface area contributed by atoms with Crippen LogP contribution >= 0.6 is 11.6 Å². The van der Waals surface area contributed by atoms with Crippen LogP contribution in [0.5, 0.6) is 5.75 Å². The van der Waals surface area contributed by atoms with E-state index in [-0.39, 0.29) is 41.8 Å². The van der Waals surface area contributed by atoms with Crippen LogP contribution in [0.15, 0.2) is 53.4 Å². The maximum atomic E-state index is 12.8. The molecule has 0 unspecified atom stereocenters. The fraction of sp³-hybridized carbons (Fsp3) is 0.316. The van der Waals surface area contributed by atoms with Crippen molar-refractivity contribution in [3.05, 3.63) is 59.1 Å². The molecule has 1 heterocycles. The molecule has 150 valence electrons. The number of ether oxygens (including phenoxy) is 3. The van der Waals surface area contributed by atoms with Crippen LogP contribution in [0.2, 0.25) is 5.02 Å². The van der Waals surface area contributed by atoms with Crippen LogP contribution in [0.1, 0.15) is 10.4 Å². The van der Waals surface area contributed by atoms with Gasteiger partial charge in [-0.2, -0.15) is 4.31 Å². The lowest BCUT2D eigenvalue weighted by atomic mass is 10.2. The van der Waals surface area contributed by atoms with Gasteiger partial charge in [0.1, 0.15) is 23.9 Å². The second-order valence-corrected chi connectivity index (χ2v) is 8.27. The first-order chi connectivity index (χ1) is 13.5. The largest absolute Gasteiger partial charge is 0.490 e. The Balaban J connectivity index is 1.64. The van der Waals surface area contributed by atoms with Gasteiger partial charge in [0.05, 0.1) is 23.8 Å². The highest BCUT2D eigenvalue weighted by atomic mass is 35.5. The molecule has 0 bridgehead atoms. The lowest BCUT2D eigenvalue weighted by molar-refractivity contribution is 0.0450. The molecular formula is C19H20ClNO6S. The monoisotopic (exact) mass is 425 g/mol. The smallest absolute Gasteiger partial charge is 0.338 e. The Labute approximate surface area is 168 Å². The minimum Gasteiger partial charge on any atom is -0.490 e. The molecule has 0 atom stereocenters. The Morgan fingerprint density at radius 1 is 1.07 bits per heavy atom. The highest BCUT2D eigenvalue weighted by Crippen LogP contribution is 2.26. The predicted molar refractivity (Wildman–Crippen MR) is 103 cm³/mol. The third-order valence-corrected chi connectivity index (χ3v) is 6.46. The number of morpholine rings is 1. The SMILES string of the molecule is O=C(OCCOc1ccccc1)c1ccc(Cl)c(S(=O)(=O)N2CCOCC2)c1. The summed E-state index contributed by atoms with van der Waals surface area (Å²) in [5, 5.41) is 0.0513. The van der Waals surface area contributed by atoms with E-state index in [0.29, 0.717) is 19.0 Å². The van der Waals surface area contributed by atoms with Gasteiger partial charge < -0.3 is 14.2 Å². The number of halogens is 1. The van der Waals surface area contributed by atoms with E-state index >= 15 is 0 Å². The van der Waals surface area contributed by atoms with Gasteiger partial charge in [-0.1, -0.05) is 29.8 Å². The summed E-state index contributed by atoms with van der Waals surface area (Å²) >= 11 is 6.09. The van der Waals surface area contributed by atoms with Gasteiger partial charge in [0.2, 0.25) is 10.0 Å². The number of sulfonamides is 1. The van der Waals surface area contributed by atoms with Crippen molar-refractivity contribution in [3.8, 4) is 5.75 Å². The zero-order chi connectivity index (χ0) is 20.0. The minimum atomic E-state index is -3.82. The van der Waals surface area contributed by atoms with Gasteiger partial charge in [-0.15, -0.1) is 0 Å². The van der Waals surface area contributed by atoms with Crippen LogP contribution in [-0.4, -0.2) is 58.2 Å². The Morgan fingerprint density at radius 3 is 2.50 bits per heavy atom. The van der Waals surface area contributed by atoms with Crippen molar-refractivity contribution in [1.29, 1.82) is 0 Å². The van der Waals surface area contributed by atoms with Gasteiger partial charge in [-0.05, 0) is 30.3 Å².